The Labute approximate surface area is 104 Å². The normalized spacial score (nSPS) is 27.2. The zero-order chi connectivity index (χ0) is 11.5. The molecule has 1 aliphatic rings. The Morgan fingerprint density at radius 3 is 3.12 bits per heavy atom. The summed E-state index contributed by atoms with van der Waals surface area (Å²) in [6.45, 7) is 6.07. The van der Waals surface area contributed by atoms with Crippen molar-refractivity contribution in [2.75, 3.05) is 6.61 Å². The van der Waals surface area contributed by atoms with Crippen molar-refractivity contribution in [2.24, 2.45) is 0 Å². The molecule has 1 aromatic heterocycles. The van der Waals surface area contributed by atoms with Gasteiger partial charge in [-0.3, -0.25) is 4.68 Å². The van der Waals surface area contributed by atoms with E-state index >= 15 is 0 Å². The Morgan fingerprint density at radius 2 is 2.56 bits per heavy atom. The summed E-state index contributed by atoms with van der Waals surface area (Å²) in [6, 6.07) is 0.884. The highest BCUT2D eigenvalue weighted by atomic mass is 79.9. The lowest BCUT2D eigenvalue weighted by Crippen LogP contribution is -2.42. The molecule has 0 aliphatic carbocycles. The summed E-state index contributed by atoms with van der Waals surface area (Å²) in [4.78, 5) is 0. The third-order valence-corrected chi connectivity index (χ3v) is 3.35. The predicted octanol–water partition coefficient (Wildman–Crippen LogP) is 1.80. The quantitative estimate of drug-likeness (QED) is 0.918. The van der Waals surface area contributed by atoms with Gasteiger partial charge in [0.1, 0.15) is 0 Å². The predicted molar refractivity (Wildman–Crippen MR) is 66.3 cm³/mol. The number of ether oxygens (including phenoxy) is 1. The van der Waals surface area contributed by atoms with Gasteiger partial charge in [0.2, 0.25) is 0 Å². The van der Waals surface area contributed by atoms with Crippen LogP contribution in [0.2, 0.25) is 0 Å². The van der Waals surface area contributed by atoms with Gasteiger partial charge in [-0.1, -0.05) is 0 Å². The van der Waals surface area contributed by atoms with E-state index in [0.29, 0.717) is 18.2 Å². The Bertz CT molecular complexity index is 342. The molecule has 3 atom stereocenters. The minimum Gasteiger partial charge on any atom is -0.377 e. The molecule has 5 heteroatoms. The monoisotopic (exact) mass is 287 g/mol. The SMILES string of the molecule is CC(Cn1cc(Br)cn1)NC1CCOC1C. The second kappa shape index (κ2) is 5.29. The maximum absolute atomic E-state index is 5.53. The van der Waals surface area contributed by atoms with Crippen molar-refractivity contribution in [1.82, 2.24) is 15.1 Å². The van der Waals surface area contributed by atoms with Crippen LogP contribution in [0.5, 0.6) is 0 Å². The topological polar surface area (TPSA) is 39.1 Å². The van der Waals surface area contributed by atoms with Crippen LogP contribution < -0.4 is 5.32 Å². The van der Waals surface area contributed by atoms with E-state index in [4.69, 9.17) is 4.74 Å². The van der Waals surface area contributed by atoms with E-state index in [9.17, 15) is 0 Å². The summed E-state index contributed by atoms with van der Waals surface area (Å²) in [6.07, 6.45) is 5.24. The second-order valence-electron chi connectivity index (χ2n) is 4.42. The Kier molecular flexibility index (Phi) is 4.00. The summed E-state index contributed by atoms with van der Waals surface area (Å²) in [5, 5.41) is 7.83. The van der Waals surface area contributed by atoms with Crippen molar-refractivity contribution in [1.29, 1.82) is 0 Å². The molecule has 1 fully saturated rings. The number of nitrogens with one attached hydrogen (secondary N) is 1. The second-order valence-corrected chi connectivity index (χ2v) is 5.34. The Balaban J connectivity index is 1.82. The number of halogens is 1. The van der Waals surface area contributed by atoms with Crippen LogP contribution in [0.4, 0.5) is 0 Å². The minimum atomic E-state index is 0.326. The highest BCUT2D eigenvalue weighted by Crippen LogP contribution is 2.13. The van der Waals surface area contributed by atoms with E-state index in [0.717, 1.165) is 24.0 Å². The van der Waals surface area contributed by atoms with Gasteiger partial charge in [-0.15, -0.1) is 0 Å². The summed E-state index contributed by atoms with van der Waals surface area (Å²) >= 11 is 3.40. The van der Waals surface area contributed by atoms with Crippen LogP contribution >= 0.6 is 15.9 Å². The molecule has 0 bridgehead atoms. The van der Waals surface area contributed by atoms with E-state index in [-0.39, 0.29) is 0 Å². The van der Waals surface area contributed by atoms with Crippen LogP contribution in [0, 0.1) is 0 Å². The largest absolute Gasteiger partial charge is 0.377 e. The lowest BCUT2D eigenvalue weighted by atomic mass is 10.1. The smallest absolute Gasteiger partial charge is 0.0700 e. The average molecular weight is 288 g/mol. The number of hydrogen-bond donors (Lipinski definition) is 1. The standard InChI is InChI=1S/C11H18BrN3O/c1-8(6-15-7-10(12)5-13-15)14-11-3-4-16-9(11)2/h5,7-9,11,14H,3-4,6H2,1-2H3. The van der Waals surface area contributed by atoms with Crippen molar-refractivity contribution in [3.8, 4) is 0 Å². The maximum Gasteiger partial charge on any atom is 0.0700 e. The molecular formula is C11H18BrN3O. The van der Waals surface area contributed by atoms with Crippen LogP contribution in [0.15, 0.2) is 16.9 Å². The average Bonchev–Trinajstić information content (AvgIpc) is 2.77. The molecule has 90 valence electrons. The molecule has 1 aliphatic heterocycles. The first-order valence-electron chi connectivity index (χ1n) is 5.71. The van der Waals surface area contributed by atoms with Gasteiger partial charge in [-0.05, 0) is 36.2 Å². The fraction of sp³-hybridized carbons (Fsp3) is 0.727. The Hall–Kier alpha value is -0.390. The zero-order valence-corrected chi connectivity index (χ0v) is 11.3. The lowest BCUT2D eigenvalue weighted by molar-refractivity contribution is 0.110. The van der Waals surface area contributed by atoms with Gasteiger partial charge in [0, 0.05) is 24.9 Å². The number of hydrogen-bond acceptors (Lipinski definition) is 3. The van der Waals surface area contributed by atoms with E-state index in [1.165, 1.54) is 0 Å². The van der Waals surface area contributed by atoms with E-state index in [1.54, 1.807) is 0 Å². The van der Waals surface area contributed by atoms with Crippen LogP contribution in [-0.2, 0) is 11.3 Å². The van der Waals surface area contributed by atoms with Gasteiger partial charge in [0.25, 0.3) is 0 Å². The molecule has 1 saturated heterocycles. The van der Waals surface area contributed by atoms with Crippen molar-refractivity contribution >= 4 is 15.9 Å². The van der Waals surface area contributed by atoms with Crippen molar-refractivity contribution < 1.29 is 4.74 Å². The van der Waals surface area contributed by atoms with Gasteiger partial charge in [0.05, 0.1) is 23.3 Å². The summed E-state index contributed by atoms with van der Waals surface area (Å²) < 4.78 is 8.50. The molecule has 0 amide bonds. The third-order valence-electron chi connectivity index (χ3n) is 2.94. The summed E-state index contributed by atoms with van der Waals surface area (Å²) in [7, 11) is 0. The first-order valence-corrected chi connectivity index (χ1v) is 6.50. The summed E-state index contributed by atoms with van der Waals surface area (Å²) in [5.41, 5.74) is 0. The van der Waals surface area contributed by atoms with Gasteiger partial charge in [-0.2, -0.15) is 5.10 Å². The molecular weight excluding hydrogens is 270 g/mol. The lowest BCUT2D eigenvalue weighted by Gasteiger charge is -2.21. The molecule has 0 spiro atoms. The van der Waals surface area contributed by atoms with Crippen LogP contribution in [0.1, 0.15) is 20.3 Å². The van der Waals surface area contributed by atoms with E-state index in [2.05, 4.69) is 40.2 Å². The van der Waals surface area contributed by atoms with Gasteiger partial charge >= 0.3 is 0 Å². The van der Waals surface area contributed by atoms with Crippen molar-refractivity contribution in [3.05, 3.63) is 16.9 Å². The number of rotatable bonds is 4. The molecule has 16 heavy (non-hydrogen) atoms. The molecule has 0 aromatic carbocycles. The molecule has 2 heterocycles. The minimum absolute atomic E-state index is 0.326. The molecule has 0 radical (unpaired) electrons. The fourth-order valence-electron chi connectivity index (χ4n) is 2.09. The third kappa shape index (κ3) is 3.06. The molecule has 3 unspecified atom stereocenters. The molecule has 4 nitrogen and oxygen atoms in total. The van der Waals surface area contributed by atoms with Gasteiger partial charge in [0.15, 0.2) is 0 Å². The maximum atomic E-state index is 5.53. The number of aromatic nitrogens is 2. The highest BCUT2D eigenvalue weighted by Gasteiger charge is 2.25. The first kappa shape index (κ1) is 12.1. The van der Waals surface area contributed by atoms with E-state index in [1.807, 2.05) is 17.1 Å². The summed E-state index contributed by atoms with van der Waals surface area (Å²) in [5.74, 6) is 0. The fourth-order valence-corrected chi connectivity index (χ4v) is 2.42. The molecule has 1 N–H and O–H groups in total. The Morgan fingerprint density at radius 1 is 1.75 bits per heavy atom. The van der Waals surface area contributed by atoms with Crippen molar-refractivity contribution in [3.63, 3.8) is 0 Å². The zero-order valence-electron chi connectivity index (χ0n) is 9.69. The van der Waals surface area contributed by atoms with Crippen molar-refractivity contribution in [2.45, 2.75) is 45.0 Å². The first-order chi connectivity index (χ1) is 7.65. The van der Waals surface area contributed by atoms with Crippen LogP contribution in [0.25, 0.3) is 0 Å². The number of nitrogens with zero attached hydrogens (tertiary/aromatic N) is 2. The van der Waals surface area contributed by atoms with Gasteiger partial charge < -0.3 is 10.1 Å². The van der Waals surface area contributed by atoms with Crippen LogP contribution in [0.3, 0.4) is 0 Å². The molecule has 1 aromatic rings. The highest BCUT2D eigenvalue weighted by molar-refractivity contribution is 9.10. The molecule has 2 rings (SSSR count). The van der Waals surface area contributed by atoms with Gasteiger partial charge in [-0.25, -0.2) is 0 Å². The molecule has 0 saturated carbocycles. The van der Waals surface area contributed by atoms with E-state index < -0.39 is 0 Å². The van der Waals surface area contributed by atoms with Crippen LogP contribution in [-0.4, -0.2) is 34.6 Å².